The van der Waals surface area contributed by atoms with E-state index in [-0.39, 0.29) is 23.1 Å². The average molecular weight is 332 g/mol. The molecule has 1 unspecified atom stereocenters. The van der Waals surface area contributed by atoms with E-state index in [0.717, 1.165) is 37.9 Å². The lowest BCUT2D eigenvalue weighted by Crippen LogP contribution is -2.50. The molecule has 1 aromatic carbocycles. The van der Waals surface area contributed by atoms with Gasteiger partial charge in [0.25, 0.3) is 0 Å². The number of piperidine rings is 1. The fourth-order valence-electron chi connectivity index (χ4n) is 4.51. The number of amides is 1. The van der Waals surface area contributed by atoms with Gasteiger partial charge in [-0.25, -0.2) is 4.39 Å². The Morgan fingerprint density at radius 1 is 1.21 bits per heavy atom. The van der Waals surface area contributed by atoms with Crippen molar-refractivity contribution in [1.29, 1.82) is 0 Å². The number of halogens is 1. The molecule has 2 N–H and O–H groups in total. The van der Waals surface area contributed by atoms with Gasteiger partial charge in [0.1, 0.15) is 5.82 Å². The monoisotopic (exact) mass is 332 g/mol. The molecule has 0 radical (unpaired) electrons. The minimum atomic E-state index is -0.492. The van der Waals surface area contributed by atoms with Crippen molar-refractivity contribution in [3.63, 3.8) is 0 Å². The first-order valence-corrected chi connectivity index (χ1v) is 9.00. The van der Waals surface area contributed by atoms with E-state index in [4.69, 9.17) is 4.74 Å². The number of nitrogens with one attached hydrogen (secondary N) is 2. The smallest absolute Gasteiger partial charge is 0.224 e. The minimum Gasteiger partial charge on any atom is -0.381 e. The zero-order valence-corrected chi connectivity index (χ0v) is 13.9. The molecule has 130 valence electrons. The average Bonchev–Trinajstić information content (AvgIpc) is 3.29. The fourth-order valence-corrected chi connectivity index (χ4v) is 4.51. The van der Waals surface area contributed by atoms with Gasteiger partial charge in [-0.1, -0.05) is 12.1 Å². The third-order valence-corrected chi connectivity index (χ3v) is 6.19. The van der Waals surface area contributed by atoms with E-state index in [2.05, 4.69) is 10.6 Å². The summed E-state index contributed by atoms with van der Waals surface area (Å²) in [6.07, 6.45) is 4.56. The first-order chi connectivity index (χ1) is 11.6. The molecule has 2 heterocycles. The Bertz CT molecular complexity index is 622. The molecule has 1 amide bonds. The molecule has 1 spiro atoms. The predicted molar refractivity (Wildman–Crippen MR) is 88.9 cm³/mol. The molecule has 1 aromatic rings. The lowest BCUT2D eigenvalue weighted by molar-refractivity contribution is -0.126. The highest BCUT2D eigenvalue weighted by atomic mass is 19.1. The zero-order valence-electron chi connectivity index (χ0n) is 13.9. The maximum atomic E-state index is 13.7. The van der Waals surface area contributed by atoms with Crippen LogP contribution in [0.4, 0.5) is 4.39 Å². The van der Waals surface area contributed by atoms with Crippen molar-refractivity contribution in [3.05, 3.63) is 35.6 Å². The van der Waals surface area contributed by atoms with Crippen molar-refractivity contribution >= 4 is 5.91 Å². The molecule has 1 saturated carbocycles. The van der Waals surface area contributed by atoms with Gasteiger partial charge in [0.15, 0.2) is 0 Å². The summed E-state index contributed by atoms with van der Waals surface area (Å²) in [7, 11) is 0. The van der Waals surface area contributed by atoms with Crippen molar-refractivity contribution in [2.45, 2.75) is 37.6 Å². The SMILES string of the molecule is O=C(NC1(c2cccc(F)c2)CCOCC1)C1CC12CCNCC2. The van der Waals surface area contributed by atoms with E-state index >= 15 is 0 Å². The Morgan fingerprint density at radius 2 is 1.96 bits per heavy atom. The van der Waals surface area contributed by atoms with Gasteiger partial charge in [0.05, 0.1) is 5.54 Å². The third-order valence-electron chi connectivity index (χ3n) is 6.19. The predicted octanol–water partition coefficient (Wildman–Crippen LogP) is 2.34. The number of carbonyl (C=O) groups excluding carboxylic acids is 1. The molecule has 1 atom stereocenters. The van der Waals surface area contributed by atoms with Crippen molar-refractivity contribution in [3.8, 4) is 0 Å². The molecular weight excluding hydrogens is 307 g/mol. The topological polar surface area (TPSA) is 50.4 Å². The molecule has 24 heavy (non-hydrogen) atoms. The number of hydrogen-bond acceptors (Lipinski definition) is 3. The standard InChI is InChI=1S/C19H25FN2O2/c20-15-3-1-2-14(12-15)19(6-10-24-11-7-19)22-17(23)16-13-18(16)4-8-21-9-5-18/h1-3,12,16,21H,4-11,13H2,(H,22,23). The zero-order chi connectivity index (χ0) is 16.6. The van der Waals surface area contributed by atoms with Crippen LogP contribution in [0, 0.1) is 17.2 Å². The van der Waals surface area contributed by atoms with Crippen LogP contribution in [0.15, 0.2) is 24.3 Å². The number of benzene rings is 1. The van der Waals surface area contributed by atoms with Gasteiger partial charge in [-0.15, -0.1) is 0 Å². The van der Waals surface area contributed by atoms with E-state index in [9.17, 15) is 9.18 Å². The summed E-state index contributed by atoms with van der Waals surface area (Å²) in [5.74, 6) is 0.00445. The number of ether oxygens (including phenoxy) is 1. The Hall–Kier alpha value is -1.46. The van der Waals surface area contributed by atoms with Crippen molar-refractivity contribution < 1.29 is 13.9 Å². The number of rotatable bonds is 3. The first kappa shape index (κ1) is 16.0. The molecule has 2 aliphatic heterocycles. The molecule has 4 rings (SSSR count). The summed E-state index contributed by atoms with van der Waals surface area (Å²) in [5.41, 5.74) is 0.580. The van der Waals surface area contributed by atoms with Crippen molar-refractivity contribution in [1.82, 2.24) is 10.6 Å². The largest absolute Gasteiger partial charge is 0.381 e. The summed E-state index contributed by atoms with van der Waals surface area (Å²) < 4.78 is 19.2. The van der Waals surface area contributed by atoms with Gasteiger partial charge in [0, 0.05) is 19.1 Å². The Balaban J connectivity index is 1.53. The second-order valence-corrected chi connectivity index (χ2v) is 7.56. The van der Waals surface area contributed by atoms with Crippen LogP contribution in [0.2, 0.25) is 0 Å². The van der Waals surface area contributed by atoms with Crippen LogP contribution in [0.1, 0.15) is 37.7 Å². The van der Waals surface area contributed by atoms with E-state index < -0.39 is 5.54 Å². The summed E-state index contributed by atoms with van der Waals surface area (Å²) in [4.78, 5) is 12.9. The van der Waals surface area contributed by atoms with Gasteiger partial charge in [-0.3, -0.25) is 4.79 Å². The van der Waals surface area contributed by atoms with Gasteiger partial charge >= 0.3 is 0 Å². The Labute approximate surface area is 142 Å². The maximum absolute atomic E-state index is 13.7. The minimum absolute atomic E-state index is 0.118. The highest BCUT2D eigenvalue weighted by Crippen LogP contribution is 2.58. The van der Waals surface area contributed by atoms with Gasteiger partial charge in [0.2, 0.25) is 5.91 Å². The molecule has 3 aliphatic rings. The number of carbonyl (C=O) groups is 1. The Kier molecular flexibility index (Phi) is 4.09. The lowest BCUT2D eigenvalue weighted by Gasteiger charge is -2.39. The molecule has 4 nitrogen and oxygen atoms in total. The fraction of sp³-hybridized carbons (Fsp3) is 0.632. The molecule has 3 fully saturated rings. The lowest BCUT2D eigenvalue weighted by atomic mass is 9.82. The highest BCUT2D eigenvalue weighted by molar-refractivity contribution is 5.83. The van der Waals surface area contributed by atoms with Gasteiger partial charge in [-0.2, -0.15) is 0 Å². The first-order valence-electron chi connectivity index (χ1n) is 9.00. The van der Waals surface area contributed by atoms with E-state index in [1.165, 1.54) is 6.07 Å². The Morgan fingerprint density at radius 3 is 2.67 bits per heavy atom. The molecule has 1 aliphatic carbocycles. The van der Waals surface area contributed by atoms with Crippen LogP contribution in [0.3, 0.4) is 0 Å². The number of hydrogen-bond donors (Lipinski definition) is 2. The second kappa shape index (κ2) is 6.12. The van der Waals surface area contributed by atoms with Crippen LogP contribution in [-0.4, -0.2) is 32.2 Å². The normalized spacial score (nSPS) is 27.6. The van der Waals surface area contributed by atoms with Crippen LogP contribution >= 0.6 is 0 Å². The van der Waals surface area contributed by atoms with Gasteiger partial charge in [-0.05, 0) is 68.3 Å². The van der Waals surface area contributed by atoms with Crippen molar-refractivity contribution in [2.75, 3.05) is 26.3 Å². The summed E-state index contributed by atoms with van der Waals surface area (Å²) >= 11 is 0. The highest BCUT2D eigenvalue weighted by Gasteiger charge is 2.58. The maximum Gasteiger partial charge on any atom is 0.224 e. The molecule has 0 bridgehead atoms. The van der Waals surface area contributed by atoms with Crippen LogP contribution < -0.4 is 10.6 Å². The van der Waals surface area contributed by atoms with Gasteiger partial charge < -0.3 is 15.4 Å². The summed E-state index contributed by atoms with van der Waals surface area (Å²) in [5, 5.41) is 6.67. The molecule has 2 saturated heterocycles. The molecule has 5 heteroatoms. The van der Waals surface area contributed by atoms with E-state index in [1.54, 1.807) is 12.1 Å². The summed E-state index contributed by atoms with van der Waals surface area (Å²) in [6.45, 7) is 3.20. The van der Waals surface area contributed by atoms with Crippen LogP contribution in [0.25, 0.3) is 0 Å². The van der Waals surface area contributed by atoms with Crippen molar-refractivity contribution in [2.24, 2.45) is 11.3 Å². The quantitative estimate of drug-likeness (QED) is 0.893. The van der Waals surface area contributed by atoms with E-state index in [1.807, 2.05) is 6.07 Å². The molecule has 0 aromatic heterocycles. The van der Waals surface area contributed by atoms with Crippen LogP contribution in [0.5, 0.6) is 0 Å². The van der Waals surface area contributed by atoms with Crippen LogP contribution in [-0.2, 0) is 15.1 Å². The second-order valence-electron chi connectivity index (χ2n) is 7.56. The third kappa shape index (κ3) is 2.84. The van der Waals surface area contributed by atoms with E-state index in [0.29, 0.717) is 26.1 Å². The summed E-state index contributed by atoms with van der Waals surface area (Å²) in [6, 6.07) is 6.64. The molecular formula is C19H25FN2O2.